The highest BCUT2D eigenvalue weighted by Gasteiger charge is 2.06. The summed E-state index contributed by atoms with van der Waals surface area (Å²) in [6.45, 7) is 9.55. The molecule has 1 atom stereocenters. The molecule has 16 heavy (non-hydrogen) atoms. The van der Waals surface area contributed by atoms with Gasteiger partial charge in [0.05, 0.1) is 6.26 Å². The van der Waals surface area contributed by atoms with Crippen molar-refractivity contribution in [3.8, 4) is 0 Å². The van der Waals surface area contributed by atoms with Gasteiger partial charge in [-0.1, -0.05) is 13.2 Å². The van der Waals surface area contributed by atoms with Crippen molar-refractivity contribution >= 4 is 11.9 Å². The minimum atomic E-state index is -0.388. The highest BCUT2D eigenvalue weighted by molar-refractivity contribution is 5.81. The Morgan fingerprint density at radius 2 is 1.81 bits per heavy atom. The van der Waals surface area contributed by atoms with Crippen LogP contribution in [-0.2, 0) is 19.1 Å². The first-order chi connectivity index (χ1) is 7.34. The fourth-order valence-electron chi connectivity index (χ4n) is 0.439. The average molecular weight is 229 g/mol. The van der Waals surface area contributed by atoms with Gasteiger partial charge in [0.2, 0.25) is 0 Å². The van der Waals surface area contributed by atoms with E-state index in [4.69, 9.17) is 4.74 Å². The second kappa shape index (κ2) is 9.92. The lowest BCUT2D eigenvalue weighted by molar-refractivity contribution is -0.149. The lowest BCUT2D eigenvalue weighted by Gasteiger charge is -2.18. The molecule has 0 aliphatic heterocycles. The standard InChI is InChI=1S/C7H13NO2.C4H6O2/c1-5-7(9)10-6(2)8(3)4;1-3-6-4(2)5/h5-6H,1H2,2-4H3;3H,1H2,2H3. The topological polar surface area (TPSA) is 55.8 Å². The van der Waals surface area contributed by atoms with Crippen molar-refractivity contribution in [1.82, 2.24) is 4.90 Å². The molecule has 92 valence electrons. The van der Waals surface area contributed by atoms with Crippen LogP contribution in [0, 0.1) is 0 Å². The number of ether oxygens (including phenoxy) is 2. The highest BCUT2D eigenvalue weighted by atomic mass is 16.6. The van der Waals surface area contributed by atoms with Crippen LogP contribution in [0.15, 0.2) is 25.5 Å². The third-order valence-corrected chi connectivity index (χ3v) is 1.43. The smallest absolute Gasteiger partial charge is 0.331 e. The molecule has 1 unspecified atom stereocenters. The number of carbonyl (C=O) groups excluding carboxylic acids is 2. The molecule has 0 heterocycles. The fourth-order valence-corrected chi connectivity index (χ4v) is 0.439. The van der Waals surface area contributed by atoms with Crippen LogP contribution < -0.4 is 0 Å². The van der Waals surface area contributed by atoms with Gasteiger partial charge < -0.3 is 9.47 Å². The molecular weight excluding hydrogens is 210 g/mol. The lowest BCUT2D eigenvalue weighted by Crippen LogP contribution is -2.29. The van der Waals surface area contributed by atoms with Crippen LogP contribution >= 0.6 is 0 Å². The fraction of sp³-hybridized carbons (Fsp3) is 0.455. The van der Waals surface area contributed by atoms with E-state index in [1.165, 1.54) is 6.92 Å². The van der Waals surface area contributed by atoms with Crippen molar-refractivity contribution in [2.24, 2.45) is 0 Å². The first kappa shape index (κ1) is 16.8. The number of nitrogens with zero attached hydrogens (tertiary/aromatic N) is 1. The van der Waals surface area contributed by atoms with E-state index in [1.54, 1.807) is 11.8 Å². The second-order valence-corrected chi connectivity index (χ2v) is 2.98. The zero-order valence-corrected chi connectivity index (χ0v) is 10.2. The zero-order chi connectivity index (χ0) is 13.1. The van der Waals surface area contributed by atoms with Crippen molar-refractivity contribution in [3.05, 3.63) is 25.5 Å². The van der Waals surface area contributed by atoms with Gasteiger partial charge in [-0.3, -0.25) is 9.69 Å². The van der Waals surface area contributed by atoms with Crippen LogP contribution in [0.5, 0.6) is 0 Å². The summed E-state index contributed by atoms with van der Waals surface area (Å²) in [6.07, 6.45) is 2.06. The maximum atomic E-state index is 10.6. The summed E-state index contributed by atoms with van der Waals surface area (Å²) in [4.78, 5) is 22.1. The Hall–Kier alpha value is -1.62. The lowest BCUT2D eigenvalue weighted by atomic mass is 10.6. The van der Waals surface area contributed by atoms with Gasteiger partial charge in [-0.15, -0.1) is 0 Å². The normalized spacial score (nSPS) is 10.6. The molecular formula is C11H19NO4. The predicted octanol–water partition coefficient (Wildman–Crippen LogP) is 1.32. The van der Waals surface area contributed by atoms with Crippen LogP contribution in [0.2, 0.25) is 0 Å². The Labute approximate surface area is 96.3 Å². The third kappa shape index (κ3) is 12.4. The molecule has 0 radical (unpaired) electrons. The highest BCUT2D eigenvalue weighted by Crippen LogP contribution is 1.94. The van der Waals surface area contributed by atoms with Gasteiger partial charge in [-0.2, -0.15) is 0 Å². The van der Waals surface area contributed by atoms with Gasteiger partial charge in [-0.25, -0.2) is 4.79 Å². The molecule has 0 aromatic carbocycles. The number of hydrogen-bond donors (Lipinski definition) is 0. The van der Waals surface area contributed by atoms with Gasteiger partial charge in [-0.05, 0) is 21.0 Å². The van der Waals surface area contributed by atoms with E-state index in [2.05, 4.69) is 17.9 Å². The Balaban J connectivity index is 0. The van der Waals surface area contributed by atoms with Crippen molar-refractivity contribution < 1.29 is 19.1 Å². The molecule has 0 bridgehead atoms. The molecule has 0 aromatic rings. The average Bonchev–Trinajstić information content (AvgIpc) is 2.18. The second-order valence-electron chi connectivity index (χ2n) is 2.98. The van der Waals surface area contributed by atoms with Gasteiger partial charge in [0.25, 0.3) is 0 Å². The summed E-state index contributed by atoms with van der Waals surface area (Å²) in [5, 5.41) is 0. The summed E-state index contributed by atoms with van der Waals surface area (Å²) in [7, 11) is 3.67. The van der Waals surface area contributed by atoms with Crippen molar-refractivity contribution in [1.29, 1.82) is 0 Å². The van der Waals surface area contributed by atoms with Crippen molar-refractivity contribution in [2.75, 3.05) is 14.1 Å². The third-order valence-electron chi connectivity index (χ3n) is 1.43. The molecule has 5 nitrogen and oxygen atoms in total. The molecule has 0 aromatic heterocycles. The molecule has 5 heteroatoms. The van der Waals surface area contributed by atoms with Crippen LogP contribution in [0.25, 0.3) is 0 Å². The number of hydrogen-bond acceptors (Lipinski definition) is 5. The van der Waals surface area contributed by atoms with Gasteiger partial charge in [0, 0.05) is 13.0 Å². The molecule has 0 aliphatic rings. The summed E-state index contributed by atoms with van der Waals surface area (Å²) in [5.41, 5.74) is 0. The summed E-state index contributed by atoms with van der Waals surface area (Å²) in [6, 6.07) is 0. The van der Waals surface area contributed by atoms with Gasteiger partial charge in [0.15, 0.2) is 6.23 Å². The van der Waals surface area contributed by atoms with E-state index in [0.717, 1.165) is 12.3 Å². The number of rotatable bonds is 4. The van der Waals surface area contributed by atoms with Crippen LogP contribution in [0.3, 0.4) is 0 Å². The molecule has 0 spiro atoms. The van der Waals surface area contributed by atoms with Crippen LogP contribution in [0.4, 0.5) is 0 Å². The first-order valence-corrected chi connectivity index (χ1v) is 4.62. The minimum absolute atomic E-state index is 0.189. The van der Waals surface area contributed by atoms with Crippen LogP contribution in [0.1, 0.15) is 13.8 Å². The van der Waals surface area contributed by atoms with E-state index in [9.17, 15) is 9.59 Å². The SMILES string of the molecule is C=CC(=O)OC(C)N(C)C.C=COC(C)=O. The molecule has 0 fully saturated rings. The van der Waals surface area contributed by atoms with Gasteiger partial charge >= 0.3 is 11.9 Å². The van der Waals surface area contributed by atoms with Crippen LogP contribution in [-0.4, -0.2) is 37.2 Å². The van der Waals surface area contributed by atoms with E-state index >= 15 is 0 Å². The summed E-state index contributed by atoms with van der Waals surface area (Å²) < 4.78 is 9.00. The summed E-state index contributed by atoms with van der Waals surface area (Å²) in [5.74, 6) is -0.716. The predicted molar refractivity (Wildman–Crippen MR) is 61.4 cm³/mol. The maximum Gasteiger partial charge on any atom is 0.331 e. The quantitative estimate of drug-likeness (QED) is 0.315. The minimum Gasteiger partial charge on any atom is -0.444 e. The Bertz CT molecular complexity index is 248. The van der Waals surface area contributed by atoms with E-state index in [-0.39, 0.29) is 18.2 Å². The zero-order valence-electron chi connectivity index (χ0n) is 10.2. The molecule has 0 rings (SSSR count). The van der Waals surface area contributed by atoms with E-state index < -0.39 is 0 Å². The number of esters is 2. The van der Waals surface area contributed by atoms with Crippen molar-refractivity contribution in [3.63, 3.8) is 0 Å². The summed E-state index contributed by atoms with van der Waals surface area (Å²) >= 11 is 0. The molecule has 0 saturated carbocycles. The molecule has 0 aliphatic carbocycles. The van der Waals surface area contributed by atoms with E-state index in [0.29, 0.717) is 0 Å². The monoisotopic (exact) mass is 229 g/mol. The van der Waals surface area contributed by atoms with Gasteiger partial charge in [0.1, 0.15) is 0 Å². The molecule has 0 N–H and O–H groups in total. The first-order valence-electron chi connectivity index (χ1n) is 4.62. The maximum absolute atomic E-state index is 10.6. The Kier molecular flexibility index (Phi) is 10.4. The molecule has 0 saturated heterocycles. The largest absolute Gasteiger partial charge is 0.444 e. The Morgan fingerprint density at radius 1 is 1.31 bits per heavy atom. The molecule has 0 amide bonds. The Morgan fingerprint density at radius 3 is 2.00 bits per heavy atom. The number of carbonyl (C=O) groups is 2. The van der Waals surface area contributed by atoms with Crippen molar-refractivity contribution in [2.45, 2.75) is 20.1 Å². The van der Waals surface area contributed by atoms with E-state index in [1.807, 2.05) is 14.1 Å².